The van der Waals surface area contributed by atoms with Crippen molar-refractivity contribution in [3.05, 3.63) is 35.5 Å². The lowest BCUT2D eigenvalue weighted by Crippen LogP contribution is -2.59. The molecule has 0 fully saturated rings. The molecule has 3 aromatic heterocycles. The van der Waals surface area contributed by atoms with Gasteiger partial charge in [-0.2, -0.15) is 10.4 Å². The number of aromatic amines is 2. The number of rotatable bonds is 13. The Hall–Kier alpha value is -5.56. The highest BCUT2D eigenvalue weighted by Crippen LogP contribution is 2.31. The summed E-state index contributed by atoms with van der Waals surface area (Å²) in [6.45, 7) is 8.47. The molecule has 1 aliphatic heterocycles. The molecule has 0 unspecified atom stereocenters. The third-order valence-electron chi connectivity index (χ3n) is 7.18. The molecule has 47 heavy (non-hydrogen) atoms. The van der Waals surface area contributed by atoms with Crippen molar-refractivity contribution in [1.29, 1.82) is 0 Å². The fourth-order valence-electron chi connectivity index (χ4n) is 4.72. The fraction of sp³-hybridized carbons (Fsp3) is 0.556. The van der Waals surface area contributed by atoms with Crippen molar-refractivity contribution < 1.29 is 28.7 Å². The van der Waals surface area contributed by atoms with Crippen molar-refractivity contribution in [2.45, 2.75) is 90.7 Å². The maximum absolute atomic E-state index is 14.4. The molecule has 0 bridgehead atoms. The molecular formula is C27H38N14O6. The predicted molar refractivity (Wildman–Crippen MR) is 160 cm³/mol. The summed E-state index contributed by atoms with van der Waals surface area (Å²) in [5.74, 6) is -2.44. The molecule has 3 aromatic rings. The van der Waals surface area contributed by atoms with Crippen molar-refractivity contribution >= 4 is 35.5 Å². The van der Waals surface area contributed by atoms with Crippen LogP contribution in [0, 0.1) is 5.92 Å². The number of hydrogen-bond acceptors (Lipinski definition) is 13. The molecule has 20 heteroatoms. The minimum atomic E-state index is -1.49. The second kappa shape index (κ2) is 15.1. The van der Waals surface area contributed by atoms with E-state index in [9.17, 15) is 24.0 Å². The van der Waals surface area contributed by atoms with Gasteiger partial charge in [0.05, 0.1) is 19.5 Å². The summed E-state index contributed by atoms with van der Waals surface area (Å²) < 4.78 is 5.35. The van der Waals surface area contributed by atoms with Gasteiger partial charge >= 0.3 is 6.09 Å². The first-order valence-electron chi connectivity index (χ1n) is 14.9. The maximum Gasteiger partial charge on any atom is 0.408 e. The summed E-state index contributed by atoms with van der Waals surface area (Å²) in [4.78, 5) is 72.8. The van der Waals surface area contributed by atoms with Gasteiger partial charge in [-0.25, -0.2) is 9.78 Å². The smallest absolute Gasteiger partial charge is 0.408 e. The molecule has 4 rings (SSSR count). The molecule has 20 nitrogen and oxygen atoms in total. The average molecular weight is 655 g/mol. The van der Waals surface area contributed by atoms with Gasteiger partial charge in [0.15, 0.2) is 11.6 Å². The molecule has 0 saturated heterocycles. The van der Waals surface area contributed by atoms with Crippen LogP contribution in [0.1, 0.15) is 64.7 Å². The monoisotopic (exact) mass is 654 g/mol. The number of alkyl carbamates (subject to hydrolysis) is 1. The van der Waals surface area contributed by atoms with E-state index in [2.05, 4.69) is 67.5 Å². The van der Waals surface area contributed by atoms with Crippen LogP contribution in [0.3, 0.4) is 0 Å². The number of fused-ring (bicyclic) bond motifs is 1. The zero-order chi connectivity index (χ0) is 34.1. The second-order valence-electron chi connectivity index (χ2n) is 11.8. The number of carbonyl (C=O) groups excluding carboxylic acids is 5. The molecule has 0 saturated carbocycles. The summed E-state index contributed by atoms with van der Waals surface area (Å²) in [7, 11) is 0. The Kier molecular flexibility index (Phi) is 11.1. The predicted octanol–water partition coefficient (Wildman–Crippen LogP) is -1.19. The van der Waals surface area contributed by atoms with Gasteiger partial charge in [-0.15, -0.1) is 20.4 Å². The van der Waals surface area contributed by atoms with E-state index in [-0.39, 0.29) is 42.9 Å². The first kappa shape index (κ1) is 34.3. The number of ether oxygens (including phenoxy) is 1. The van der Waals surface area contributed by atoms with Crippen LogP contribution in [-0.2, 0) is 43.4 Å². The lowest BCUT2D eigenvalue weighted by atomic mass is 9.97. The van der Waals surface area contributed by atoms with E-state index in [1.807, 2.05) is 6.92 Å². The van der Waals surface area contributed by atoms with Crippen LogP contribution >= 0.6 is 0 Å². The van der Waals surface area contributed by atoms with Crippen LogP contribution in [0.15, 0.2) is 18.3 Å². The van der Waals surface area contributed by atoms with Gasteiger partial charge in [0.1, 0.15) is 29.5 Å². The fourth-order valence-corrected chi connectivity index (χ4v) is 4.72. The highest BCUT2D eigenvalue weighted by Gasteiger charge is 2.43. The van der Waals surface area contributed by atoms with Crippen LogP contribution < -0.4 is 26.2 Å². The lowest BCUT2D eigenvalue weighted by Gasteiger charge is -2.31. The van der Waals surface area contributed by atoms with Crippen molar-refractivity contribution in [3.8, 4) is 0 Å². The zero-order valence-electron chi connectivity index (χ0n) is 26.6. The number of hydrogen-bond donors (Lipinski definition) is 6. The molecular weight excluding hydrogens is 616 g/mol. The van der Waals surface area contributed by atoms with E-state index in [1.54, 1.807) is 39.8 Å². The Bertz CT molecular complexity index is 1540. The van der Waals surface area contributed by atoms with Gasteiger partial charge in [0, 0.05) is 12.6 Å². The highest BCUT2D eigenvalue weighted by molar-refractivity contribution is 6.07. The summed E-state index contributed by atoms with van der Waals surface area (Å²) in [5, 5.41) is 37.2. The van der Waals surface area contributed by atoms with Gasteiger partial charge in [0.25, 0.3) is 5.91 Å². The van der Waals surface area contributed by atoms with Crippen molar-refractivity contribution in [2.24, 2.45) is 5.92 Å². The minimum absolute atomic E-state index is 0.0663. The first-order chi connectivity index (χ1) is 22.4. The molecule has 252 valence electrons. The number of nitrogens with zero attached hydrogens (tertiary/aromatic N) is 8. The van der Waals surface area contributed by atoms with Crippen molar-refractivity contribution in [2.75, 3.05) is 4.90 Å². The Morgan fingerprint density at radius 1 is 1.02 bits per heavy atom. The third kappa shape index (κ3) is 9.23. The number of pyridine rings is 1. The number of amides is 5. The van der Waals surface area contributed by atoms with Crippen LogP contribution in [0.5, 0.6) is 0 Å². The quantitative estimate of drug-likeness (QED) is 0.127. The number of nitrogens with one attached hydrogen (secondary N) is 6. The van der Waals surface area contributed by atoms with E-state index in [1.165, 1.54) is 6.20 Å². The largest absolute Gasteiger partial charge is 0.444 e. The van der Waals surface area contributed by atoms with Crippen LogP contribution in [0.25, 0.3) is 0 Å². The van der Waals surface area contributed by atoms with Gasteiger partial charge in [-0.1, -0.05) is 36.8 Å². The van der Waals surface area contributed by atoms with Crippen molar-refractivity contribution in [1.82, 2.24) is 67.5 Å². The number of anilines is 1. The Labute approximate surface area is 268 Å². The Morgan fingerprint density at radius 2 is 1.68 bits per heavy atom. The number of tetrazole rings is 2. The zero-order valence-corrected chi connectivity index (χ0v) is 26.6. The topological polar surface area (TPSA) is 268 Å². The average Bonchev–Trinajstić information content (AvgIpc) is 3.81. The van der Waals surface area contributed by atoms with Crippen LogP contribution in [-0.4, -0.2) is 99.7 Å². The minimum Gasteiger partial charge on any atom is -0.444 e. The molecule has 0 aliphatic carbocycles. The molecule has 4 heterocycles. The molecule has 1 aliphatic rings. The van der Waals surface area contributed by atoms with Gasteiger partial charge < -0.3 is 26.0 Å². The normalized spacial score (nSPS) is 15.9. The van der Waals surface area contributed by atoms with Crippen LogP contribution in [0.4, 0.5) is 10.6 Å². The standard InChI is InChI=1S/C27H38N14O6/c1-6-14(2)21(32-26(46)47-27(3,4)5)24(44)31-16(11-20(42)29-12-18-33-37-38-34-18)25(45)41-17(10-15-8-7-9-28-22(15)41)23(43)30-13-19-35-39-40-36-19/h7-9,14,16-17,21H,6,10-13H2,1-5H3,(H,29,42)(H,30,43)(H,31,44)(H,32,46)(H,33,34,37,38)(H,35,36,39,40)/t14-,16-,17-,21-/m0/s1. The summed E-state index contributed by atoms with van der Waals surface area (Å²) >= 11 is 0. The van der Waals surface area contributed by atoms with E-state index < -0.39 is 59.9 Å². The Balaban J connectivity index is 1.60. The van der Waals surface area contributed by atoms with Crippen molar-refractivity contribution in [3.63, 3.8) is 0 Å². The summed E-state index contributed by atoms with van der Waals surface area (Å²) in [5.41, 5.74) is -0.220. The third-order valence-corrected chi connectivity index (χ3v) is 7.18. The molecule has 0 aromatic carbocycles. The first-order valence-corrected chi connectivity index (χ1v) is 14.9. The molecule has 4 atom stereocenters. The lowest BCUT2D eigenvalue weighted by molar-refractivity contribution is -0.132. The van der Waals surface area contributed by atoms with Gasteiger partial charge in [-0.3, -0.25) is 24.1 Å². The molecule has 5 amide bonds. The second-order valence-corrected chi connectivity index (χ2v) is 11.8. The summed E-state index contributed by atoms with van der Waals surface area (Å²) in [6.07, 6.45) is 0.720. The number of carbonyl (C=O) groups is 5. The molecule has 0 spiro atoms. The SMILES string of the molecule is CC[C@H](C)[C@H](NC(=O)OC(C)(C)C)C(=O)N[C@@H](CC(=O)NCc1nn[nH]n1)C(=O)N1c2ncccc2C[C@H]1C(=O)NCc1nn[nH]n1. The molecule has 6 N–H and O–H groups in total. The molecule has 0 radical (unpaired) electrons. The van der Waals surface area contributed by atoms with Gasteiger partial charge in [-0.05, 0) is 38.3 Å². The van der Waals surface area contributed by atoms with E-state index in [4.69, 9.17) is 4.74 Å². The Morgan fingerprint density at radius 3 is 2.28 bits per heavy atom. The highest BCUT2D eigenvalue weighted by atomic mass is 16.6. The van der Waals surface area contributed by atoms with Crippen LogP contribution in [0.2, 0.25) is 0 Å². The summed E-state index contributed by atoms with van der Waals surface area (Å²) in [6, 6.07) is -0.286. The van der Waals surface area contributed by atoms with E-state index in [0.717, 1.165) is 4.90 Å². The number of H-pyrrole nitrogens is 2. The maximum atomic E-state index is 14.4. The van der Waals surface area contributed by atoms with E-state index in [0.29, 0.717) is 12.0 Å². The van der Waals surface area contributed by atoms with E-state index >= 15 is 0 Å². The number of aromatic nitrogens is 9. The van der Waals surface area contributed by atoms with Gasteiger partial charge in [0.2, 0.25) is 17.7 Å².